The Labute approximate surface area is 177 Å². The lowest BCUT2D eigenvalue weighted by Crippen LogP contribution is -2.31. The molecule has 1 aliphatic rings. The number of carbonyl (C=O) groups excluding carboxylic acids is 1. The van der Waals surface area contributed by atoms with E-state index in [0.29, 0.717) is 31.1 Å². The van der Waals surface area contributed by atoms with E-state index in [2.05, 4.69) is 25.3 Å². The monoisotopic (exact) mass is 419 g/mol. The highest BCUT2D eigenvalue weighted by atomic mass is 16.5. The van der Waals surface area contributed by atoms with Crippen molar-refractivity contribution >= 4 is 17.4 Å². The van der Waals surface area contributed by atoms with E-state index < -0.39 is 0 Å². The summed E-state index contributed by atoms with van der Waals surface area (Å²) in [5.41, 5.74) is 9.48. The van der Waals surface area contributed by atoms with Gasteiger partial charge in [0.2, 0.25) is 5.89 Å². The van der Waals surface area contributed by atoms with Gasteiger partial charge in [-0.1, -0.05) is 0 Å². The number of nitrogens with zero attached hydrogens (tertiary/aromatic N) is 5. The highest BCUT2D eigenvalue weighted by Gasteiger charge is 2.23. The normalized spacial score (nSPS) is 16.1. The first kappa shape index (κ1) is 19.2. The molecule has 1 aliphatic heterocycles. The third kappa shape index (κ3) is 3.61. The molecule has 1 fully saturated rings. The van der Waals surface area contributed by atoms with E-state index in [-0.39, 0.29) is 29.2 Å². The van der Waals surface area contributed by atoms with Crippen LogP contribution < -0.4 is 11.1 Å². The molecule has 1 saturated heterocycles. The predicted molar refractivity (Wildman–Crippen MR) is 112 cm³/mol. The average Bonchev–Trinajstić information content (AvgIpc) is 3.55. The number of fused-ring (bicyclic) bond motifs is 1. The number of rotatable bonds is 5. The minimum absolute atomic E-state index is 0.0111. The van der Waals surface area contributed by atoms with Crippen molar-refractivity contribution in [2.75, 3.05) is 25.5 Å². The molecule has 0 saturated carbocycles. The molecule has 158 valence electrons. The second kappa shape index (κ2) is 7.80. The highest BCUT2D eigenvalue weighted by Crippen LogP contribution is 2.30. The molecule has 4 aromatic rings. The number of hydrogen-bond acceptors (Lipinski definition) is 8. The van der Waals surface area contributed by atoms with Gasteiger partial charge in [-0.05, 0) is 25.5 Å². The van der Waals surface area contributed by atoms with E-state index in [4.69, 9.17) is 14.9 Å². The lowest BCUT2D eigenvalue weighted by molar-refractivity contribution is 0.0941. The van der Waals surface area contributed by atoms with Crippen molar-refractivity contribution in [2.24, 2.45) is 5.92 Å². The summed E-state index contributed by atoms with van der Waals surface area (Å²) in [6.07, 6.45) is 7.56. The van der Waals surface area contributed by atoms with Gasteiger partial charge in [-0.3, -0.25) is 4.79 Å². The molecule has 10 heteroatoms. The van der Waals surface area contributed by atoms with Gasteiger partial charge in [0, 0.05) is 42.7 Å². The molecule has 5 heterocycles. The molecule has 1 atom stereocenters. The van der Waals surface area contributed by atoms with Crippen LogP contribution in [0.5, 0.6) is 0 Å². The molecular formula is C21H21N7O3. The zero-order chi connectivity index (χ0) is 21.4. The quantitative estimate of drug-likeness (QED) is 0.502. The van der Waals surface area contributed by atoms with Gasteiger partial charge in [0.1, 0.15) is 17.6 Å². The van der Waals surface area contributed by atoms with Gasteiger partial charge in [-0.15, -0.1) is 0 Å². The van der Waals surface area contributed by atoms with Crippen LogP contribution in [0.25, 0.3) is 28.5 Å². The number of ether oxygens (including phenoxy) is 1. The number of nitrogens with two attached hydrogens (primary N) is 1. The largest absolute Gasteiger partial charge is 0.443 e. The van der Waals surface area contributed by atoms with E-state index in [1.807, 2.05) is 29.7 Å². The zero-order valence-corrected chi connectivity index (χ0v) is 16.9. The van der Waals surface area contributed by atoms with Crippen molar-refractivity contribution in [1.29, 1.82) is 0 Å². The smallest absolute Gasteiger partial charge is 0.273 e. The van der Waals surface area contributed by atoms with E-state index >= 15 is 0 Å². The maximum atomic E-state index is 12.8. The van der Waals surface area contributed by atoms with Crippen LogP contribution in [0.2, 0.25) is 0 Å². The Morgan fingerprint density at radius 1 is 1.29 bits per heavy atom. The number of anilines is 1. The Morgan fingerprint density at radius 2 is 2.19 bits per heavy atom. The molecule has 10 nitrogen and oxygen atoms in total. The van der Waals surface area contributed by atoms with E-state index in [1.54, 1.807) is 6.20 Å². The molecule has 0 spiro atoms. The number of oxazole rings is 1. The number of pyridine rings is 1. The lowest BCUT2D eigenvalue weighted by atomic mass is 10.1. The Morgan fingerprint density at radius 3 is 2.97 bits per heavy atom. The number of nitrogen functional groups attached to an aromatic ring is 1. The van der Waals surface area contributed by atoms with Crippen LogP contribution in [0.4, 0.5) is 5.82 Å². The standard InChI is InChI=1S/C21H21N7O3/c1-12-8-24-15-3-2-14(10-28(12)15)16-17(21-23-5-7-31-21)27-19(22)18(26-16)20(29)25-9-13-4-6-30-11-13/h2-3,5,7-8,10,13H,4,6,9,11H2,1H3,(H2,22,27)(H,25,29)/t13-/m1/s1. The fourth-order valence-electron chi connectivity index (χ4n) is 3.61. The number of amides is 1. The number of carbonyl (C=O) groups is 1. The van der Waals surface area contributed by atoms with Crippen molar-refractivity contribution in [2.45, 2.75) is 13.3 Å². The van der Waals surface area contributed by atoms with Crippen molar-refractivity contribution in [3.05, 3.63) is 48.4 Å². The van der Waals surface area contributed by atoms with Crippen LogP contribution in [0.1, 0.15) is 22.6 Å². The fraction of sp³-hybridized carbons (Fsp3) is 0.286. The van der Waals surface area contributed by atoms with E-state index in [9.17, 15) is 4.79 Å². The Kier molecular flexibility index (Phi) is 4.83. The minimum Gasteiger partial charge on any atom is -0.443 e. The average molecular weight is 419 g/mol. The van der Waals surface area contributed by atoms with Gasteiger partial charge in [0.25, 0.3) is 5.91 Å². The summed E-state index contributed by atoms with van der Waals surface area (Å²) in [5, 5.41) is 2.89. The van der Waals surface area contributed by atoms with Crippen LogP contribution in [-0.4, -0.2) is 50.0 Å². The summed E-state index contributed by atoms with van der Waals surface area (Å²) < 4.78 is 12.7. The SMILES string of the molecule is Cc1cnc2ccc(-c3nc(C(=O)NC[C@H]4CCOC4)c(N)nc3-c3ncco3)cn12. The van der Waals surface area contributed by atoms with Crippen LogP contribution >= 0.6 is 0 Å². The number of imidazole rings is 1. The molecule has 1 amide bonds. The minimum atomic E-state index is -0.378. The van der Waals surface area contributed by atoms with Gasteiger partial charge in [0.15, 0.2) is 17.2 Å². The number of nitrogens with one attached hydrogen (secondary N) is 1. The maximum Gasteiger partial charge on any atom is 0.273 e. The van der Waals surface area contributed by atoms with Crippen molar-refractivity contribution in [3.63, 3.8) is 0 Å². The lowest BCUT2D eigenvalue weighted by Gasteiger charge is -2.13. The topological polar surface area (TPSA) is 133 Å². The van der Waals surface area contributed by atoms with Crippen LogP contribution in [0.3, 0.4) is 0 Å². The molecule has 0 aliphatic carbocycles. The second-order valence-corrected chi connectivity index (χ2v) is 7.48. The first-order valence-electron chi connectivity index (χ1n) is 9.97. The molecule has 5 rings (SSSR count). The van der Waals surface area contributed by atoms with Crippen LogP contribution in [-0.2, 0) is 4.74 Å². The first-order valence-corrected chi connectivity index (χ1v) is 9.97. The molecule has 4 aromatic heterocycles. The summed E-state index contributed by atoms with van der Waals surface area (Å²) in [7, 11) is 0. The third-order valence-electron chi connectivity index (χ3n) is 5.31. The number of aryl methyl sites for hydroxylation is 1. The van der Waals surface area contributed by atoms with Crippen molar-refractivity contribution in [1.82, 2.24) is 29.7 Å². The third-order valence-corrected chi connectivity index (χ3v) is 5.31. The van der Waals surface area contributed by atoms with Gasteiger partial charge < -0.3 is 24.6 Å². The fourth-order valence-corrected chi connectivity index (χ4v) is 3.61. The molecular weight excluding hydrogens is 398 g/mol. The summed E-state index contributed by atoms with van der Waals surface area (Å²) in [6, 6.07) is 3.74. The van der Waals surface area contributed by atoms with E-state index in [1.165, 1.54) is 12.5 Å². The van der Waals surface area contributed by atoms with Crippen molar-refractivity contribution in [3.8, 4) is 22.8 Å². The molecule has 0 unspecified atom stereocenters. The summed E-state index contributed by atoms with van der Waals surface area (Å²) in [5.74, 6) is 0.191. The van der Waals surface area contributed by atoms with Crippen molar-refractivity contribution < 1.29 is 13.9 Å². The highest BCUT2D eigenvalue weighted by molar-refractivity contribution is 5.97. The van der Waals surface area contributed by atoms with Crippen LogP contribution in [0, 0.1) is 12.8 Å². The van der Waals surface area contributed by atoms with Gasteiger partial charge >= 0.3 is 0 Å². The summed E-state index contributed by atoms with van der Waals surface area (Å²) in [4.78, 5) is 30.4. The molecule has 3 N–H and O–H groups in total. The summed E-state index contributed by atoms with van der Waals surface area (Å²) in [6.45, 7) is 3.81. The van der Waals surface area contributed by atoms with E-state index in [0.717, 1.165) is 23.3 Å². The Balaban J connectivity index is 1.57. The number of aromatic nitrogens is 5. The molecule has 0 radical (unpaired) electrons. The second-order valence-electron chi connectivity index (χ2n) is 7.48. The van der Waals surface area contributed by atoms with Gasteiger partial charge in [-0.25, -0.2) is 19.9 Å². The Hall–Kier alpha value is -3.79. The summed E-state index contributed by atoms with van der Waals surface area (Å²) >= 11 is 0. The first-order chi connectivity index (χ1) is 15.1. The maximum absolute atomic E-state index is 12.8. The molecule has 31 heavy (non-hydrogen) atoms. The zero-order valence-electron chi connectivity index (χ0n) is 16.9. The molecule has 0 bridgehead atoms. The van der Waals surface area contributed by atoms with Crippen LogP contribution in [0.15, 0.2) is 41.4 Å². The van der Waals surface area contributed by atoms with Gasteiger partial charge in [0.05, 0.1) is 12.8 Å². The van der Waals surface area contributed by atoms with Gasteiger partial charge in [-0.2, -0.15) is 0 Å². The Bertz CT molecular complexity index is 1240. The molecule has 0 aromatic carbocycles. The number of hydrogen-bond donors (Lipinski definition) is 2. The predicted octanol–water partition coefficient (Wildman–Crippen LogP) is 2.10.